The van der Waals surface area contributed by atoms with Crippen molar-refractivity contribution in [3.63, 3.8) is 0 Å². The molecule has 1 aliphatic rings. The number of Topliss-reactive ketones (excluding diaryl/α,β-unsaturated/α-hetero) is 1. The molecule has 0 radical (unpaired) electrons. The Morgan fingerprint density at radius 1 is 0.943 bits per heavy atom. The van der Waals surface area contributed by atoms with Gasteiger partial charge in [0.1, 0.15) is 5.82 Å². The van der Waals surface area contributed by atoms with Gasteiger partial charge in [-0.15, -0.1) is 0 Å². The minimum Gasteiger partial charge on any atom is -0.326 e. The molecule has 1 saturated heterocycles. The molecule has 0 aliphatic carbocycles. The van der Waals surface area contributed by atoms with E-state index in [1.54, 1.807) is 24.3 Å². The standard InChI is InChI=1S/C28H29N5O2/c1-21(34)22-9-11-25(12-10-22)30-27(35)23-13-17-31(18-14-23)20-24-19-29-33(26-7-3-2-4-8-26)28(24)32-15-5-6-16-32/h2-12,15-16,19,23H,13-14,17-18,20H2,1H3,(H,30,35). The molecule has 0 saturated carbocycles. The average molecular weight is 468 g/mol. The Balaban J connectivity index is 1.23. The molecule has 35 heavy (non-hydrogen) atoms. The van der Waals surface area contributed by atoms with Gasteiger partial charge in [-0.25, -0.2) is 4.68 Å². The number of nitrogens with one attached hydrogen (secondary N) is 1. The van der Waals surface area contributed by atoms with Crippen LogP contribution in [-0.2, 0) is 11.3 Å². The predicted molar refractivity (Wildman–Crippen MR) is 136 cm³/mol. The number of anilines is 1. The molecule has 0 atom stereocenters. The van der Waals surface area contributed by atoms with Crippen LogP contribution in [0, 0.1) is 5.92 Å². The third-order valence-electron chi connectivity index (χ3n) is 6.58. The van der Waals surface area contributed by atoms with Gasteiger partial charge in [0.2, 0.25) is 5.91 Å². The highest BCUT2D eigenvalue weighted by Crippen LogP contribution is 2.25. The molecule has 4 aromatic rings. The van der Waals surface area contributed by atoms with Crippen molar-refractivity contribution in [3.8, 4) is 11.5 Å². The number of benzene rings is 2. The molecule has 1 N–H and O–H groups in total. The van der Waals surface area contributed by atoms with Crippen LogP contribution in [0.1, 0.15) is 35.7 Å². The van der Waals surface area contributed by atoms with Crippen molar-refractivity contribution in [1.29, 1.82) is 0 Å². The van der Waals surface area contributed by atoms with Gasteiger partial charge in [-0.05, 0) is 81.4 Å². The zero-order valence-corrected chi connectivity index (χ0v) is 19.8. The van der Waals surface area contributed by atoms with Gasteiger partial charge in [0, 0.05) is 41.7 Å². The van der Waals surface area contributed by atoms with Crippen molar-refractivity contribution in [2.24, 2.45) is 5.92 Å². The van der Waals surface area contributed by atoms with Crippen LogP contribution in [0.4, 0.5) is 5.69 Å². The highest BCUT2D eigenvalue weighted by atomic mass is 16.2. The van der Waals surface area contributed by atoms with E-state index in [-0.39, 0.29) is 17.6 Å². The number of rotatable bonds is 7. The summed E-state index contributed by atoms with van der Waals surface area (Å²) >= 11 is 0. The maximum Gasteiger partial charge on any atom is 0.227 e. The third kappa shape index (κ3) is 5.10. The van der Waals surface area contributed by atoms with E-state index in [2.05, 4.69) is 26.9 Å². The van der Waals surface area contributed by atoms with Gasteiger partial charge in [-0.2, -0.15) is 5.10 Å². The summed E-state index contributed by atoms with van der Waals surface area (Å²) in [4.78, 5) is 26.7. The maximum atomic E-state index is 12.8. The van der Waals surface area contributed by atoms with Gasteiger partial charge in [0.15, 0.2) is 5.78 Å². The van der Waals surface area contributed by atoms with E-state index in [0.29, 0.717) is 5.56 Å². The summed E-state index contributed by atoms with van der Waals surface area (Å²) in [6.07, 6.45) is 7.65. The summed E-state index contributed by atoms with van der Waals surface area (Å²) in [6, 6.07) is 21.3. The van der Waals surface area contributed by atoms with Crippen LogP contribution in [0.15, 0.2) is 85.3 Å². The number of nitrogens with zero attached hydrogens (tertiary/aromatic N) is 4. The number of carbonyl (C=O) groups is 2. The Labute approximate surface area is 205 Å². The van der Waals surface area contributed by atoms with Crippen molar-refractivity contribution in [3.05, 3.63) is 96.4 Å². The molecule has 0 spiro atoms. The zero-order chi connectivity index (χ0) is 24.2. The molecule has 0 bridgehead atoms. The summed E-state index contributed by atoms with van der Waals surface area (Å²) in [5.74, 6) is 1.08. The molecule has 1 aliphatic heterocycles. The van der Waals surface area contributed by atoms with Gasteiger partial charge >= 0.3 is 0 Å². The highest BCUT2D eigenvalue weighted by Gasteiger charge is 2.26. The monoisotopic (exact) mass is 467 g/mol. The minimum absolute atomic E-state index is 0.0180. The van der Waals surface area contributed by atoms with Crippen molar-refractivity contribution in [2.45, 2.75) is 26.3 Å². The Hall–Kier alpha value is -3.97. The molecular formula is C28H29N5O2. The van der Waals surface area contributed by atoms with Crippen LogP contribution in [0.25, 0.3) is 11.5 Å². The second-order valence-corrected chi connectivity index (χ2v) is 9.00. The minimum atomic E-state index is -0.0188. The number of carbonyl (C=O) groups excluding carboxylic acids is 2. The van der Waals surface area contributed by atoms with Gasteiger partial charge in [0.25, 0.3) is 0 Å². The molecule has 1 amide bonds. The number of aromatic nitrogens is 3. The number of piperidine rings is 1. The fraction of sp³-hybridized carbons (Fsp3) is 0.250. The fourth-order valence-corrected chi connectivity index (χ4v) is 4.62. The fourth-order valence-electron chi connectivity index (χ4n) is 4.62. The Bertz CT molecular complexity index is 1290. The highest BCUT2D eigenvalue weighted by molar-refractivity contribution is 5.96. The normalized spacial score (nSPS) is 14.7. The van der Waals surface area contributed by atoms with Gasteiger partial charge in [-0.3, -0.25) is 14.5 Å². The van der Waals surface area contributed by atoms with Crippen molar-refractivity contribution in [1.82, 2.24) is 19.2 Å². The smallest absolute Gasteiger partial charge is 0.227 e. The van der Waals surface area contributed by atoms with E-state index < -0.39 is 0 Å². The topological polar surface area (TPSA) is 72.2 Å². The van der Waals surface area contributed by atoms with Crippen LogP contribution in [-0.4, -0.2) is 44.0 Å². The van der Waals surface area contributed by atoms with Crippen molar-refractivity contribution in [2.75, 3.05) is 18.4 Å². The average Bonchev–Trinajstić information content (AvgIpc) is 3.55. The largest absolute Gasteiger partial charge is 0.326 e. The molecule has 2 aromatic carbocycles. The molecular weight excluding hydrogens is 438 g/mol. The second-order valence-electron chi connectivity index (χ2n) is 9.00. The summed E-state index contributed by atoms with van der Waals surface area (Å²) in [5.41, 5.74) is 3.55. The summed E-state index contributed by atoms with van der Waals surface area (Å²) in [7, 11) is 0. The molecule has 2 aromatic heterocycles. The van der Waals surface area contributed by atoms with E-state index in [4.69, 9.17) is 5.10 Å². The van der Waals surface area contributed by atoms with Gasteiger partial charge in [0.05, 0.1) is 11.9 Å². The van der Waals surface area contributed by atoms with Gasteiger partial charge in [-0.1, -0.05) is 18.2 Å². The van der Waals surface area contributed by atoms with Gasteiger partial charge < -0.3 is 9.88 Å². The van der Waals surface area contributed by atoms with E-state index in [1.807, 2.05) is 53.6 Å². The van der Waals surface area contributed by atoms with E-state index in [0.717, 1.165) is 55.2 Å². The summed E-state index contributed by atoms with van der Waals surface area (Å²) in [6.45, 7) is 4.02. The predicted octanol–water partition coefficient (Wildman–Crippen LogP) is 4.72. The quantitative estimate of drug-likeness (QED) is 0.400. The van der Waals surface area contributed by atoms with Crippen molar-refractivity contribution >= 4 is 17.4 Å². The Morgan fingerprint density at radius 3 is 2.29 bits per heavy atom. The van der Waals surface area contributed by atoms with Crippen molar-refractivity contribution < 1.29 is 9.59 Å². The number of amides is 1. The molecule has 7 heteroatoms. The van der Waals surface area contributed by atoms with Crippen LogP contribution in [0.2, 0.25) is 0 Å². The van der Waals surface area contributed by atoms with Crippen LogP contribution >= 0.6 is 0 Å². The number of hydrogen-bond acceptors (Lipinski definition) is 4. The third-order valence-corrected chi connectivity index (χ3v) is 6.58. The number of para-hydroxylation sites is 1. The van der Waals surface area contributed by atoms with E-state index in [9.17, 15) is 9.59 Å². The van der Waals surface area contributed by atoms with E-state index in [1.165, 1.54) is 6.92 Å². The molecule has 1 fully saturated rings. The molecule has 0 unspecified atom stereocenters. The van der Waals surface area contributed by atoms with E-state index >= 15 is 0 Å². The molecule has 5 rings (SSSR count). The zero-order valence-electron chi connectivity index (χ0n) is 19.8. The lowest BCUT2D eigenvalue weighted by molar-refractivity contribution is -0.121. The maximum absolute atomic E-state index is 12.8. The number of hydrogen-bond donors (Lipinski definition) is 1. The molecule has 7 nitrogen and oxygen atoms in total. The Kier molecular flexibility index (Phi) is 6.59. The Morgan fingerprint density at radius 2 is 1.63 bits per heavy atom. The molecule has 178 valence electrons. The second kappa shape index (κ2) is 10.1. The molecule has 3 heterocycles. The number of ketones is 1. The summed E-state index contributed by atoms with van der Waals surface area (Å²) in [5, 5.41) is 7.70. The lowest BCUT2D eigenvalue weighted by Gasteiger charge is -2.31. The number of likely N-dealkylation sites (tertiary alicyclic amines) is 1. The lowest BCUT2D eigenvalue weighted by Crippen LogP contribution is -2.37. The first-order chi connectivity index (χ1) is 17.1. The lowest BCUT2D eigenvalue weighted by atomic mass is 9.95. The SMILES string of the molecule is CC(=O)c1ccc(NC(=O)C2CCN(Cc3cnn(-c4ccccc4)c3-n3cccc3)CC2)cc1. The first-order valence-corrected chi connectivity index (χ1v) is 12.0. The van der Waals surface area contributed by atoms with Crippen LogP contribution < -0.4 is 5.32 Å². The first kappa shape index (κ1) is 22.8. The van der Waals surface area contributed by atoms with Crippen LogP contribution in [0.3, 0.4) is 0 Å². The first-order valence-electron chi connectivity index (χ1n) is 12.0. The van der Waals surface area contributed by atoms with Crippen LogP contribution in [0.5, 0.6) is 0 Å². The summed E-state index contributed by atoms with van der Waals surface area (Å²) < 4.78 is 4.08.